The molecule has 0 saturated heterocycles. The van der Waals surface area contributed by atoms with Gasteiger partial charge in [0.05, 0.1) is 18.2 Å². The summed E-state index contributed by atoms with van der Waals surface area (Å²) in [5.74, 6) is 0.118. The molecule has 0 bridgehead atoms. The van der Waals surface area contributed by atoms with Crippen LogP contribution in [0.25, 0.3) is 0 Å². The molecular formula is C14H15N3O. The average Bonchev–Trinajstić information content (AvgIpc) is 2.42. The minimum Gasteiger partial charge on any atom is -0.504 e. The molecule has 0 aliphatic carbocycles. The lowest BCUT2D eigenvalue weighted by Gasteiger charge is -2.01. The van der Waals surface area contributed by atoms with Crippen molar-refractivity contribution in [2.24, 2.45) is 4.99 Å². The second-order valence-electron chi connectivity index (χ2n) is 3.81. The molecule has 0 amide bonds. The molecule has 0 aliphatic rings. The summed E-state index contributed by atoms with van der Waals surface area (Å²) in [6.07, 6.45) is 5.50. The summed E-state index contributed by atoms with van der Waals surface area (Å²) in [4.78, 5) is 8.03. The van der Waals surface area contributed by atoms with E-state index in [0.717, 1.165) is 6.42 Å². The fraction of sp³-hybridized carbons (Fsp3) is 0.143. The Kier molecular flexibility index (Phi) is 4.30. The summed E-state index contributed by atoms with van der Waals surface area (Å²) in [5, 5.41) is 12.4. The van der Waals surface area contributed by atoms with Gasteiger partial charge < -0.3 is 10.4 Å². The molecule has 4 heteroatoms. The van der Waals surface area contributed by atoms with E-state index in [4.69, 9.17) is 0 Å². The zero-order chi connectivity index (χ0) is 12.6. The number of rotatable bonds is 5. The first-order valence-electron chi connectivity index (χ1n) is 5.78. The van der Waals surface area contributed by atoms with Gasteiger partial charge in [-0.05, 0) is 18.1 Å². The van der Waals surface area contributed by atoms with Gasteiger partial charge in [0, 0.05) is 12.7 Å². The van der Waals surface area contributed by atoms with Crippen molar-refractivity contribution in [3.05, 3.63) is 54.4 Å². The highest BCUT2D eigenvalue weighted by Gasteiger charge is 1.95. The lowest BCUT2D eigenvalue weighted by atomic mass is 10.2. The smallest absolute Gasteiger partial charge is 0.157 e. The van der Waals surface area contributed by atoms with Gasteiger partial charge in [-0.2, -0.15) is 0 Å². The van der Waals surface area contributed by atoms with Gasteiger partial charge in [-0.3, -0.25) is 9.98 Å². The van der Waals surface area contributed by atoms with E-state index < -0.39 is 0 Å². The van der Waals surface area contributed by atoms with Gasteiger partial charge in [0.1, 0.15) is 0 Å². The lowest BCUT2D eigenvalue weighted by molar-refractivity contribution is 0.475. The Balaban J connectivity index is 1.78. The Morgan fingerprint density at radius 2 is 2.06 bits per heavy atom. The van der Waals surface area contributed by atoms with Crippen molar-refractivity contribution in [1.82, 2.24) is 4.98 Å². The Morgan fingerprint density at radius 1 is 1.22 bits per heavy atom. The number of hydrogen-bond donors (Lipinski definition) is 2. The van der Waals surface area contributed by atoms with E-state index in [-0.39, 0.29) is 5.75 Å². The first kappa shape index (κ1) is 12.1. The van der Waals surface area contributed by atoms with Crippen LogP contribution in [0.2, 0.25) is 0 Å². The lowest BCUT2D eigenvalue weighted by Crippen LogP contribution is -1.97. The number of nitrogens with one attached hydrogen (secondary N) is 1. The second-order valence-corrected chi connectivity index (χ2v) is 3.81. The van der Waals surface area contributed by atoms with Crippen LogP contribution in [0.1, 0.15) is 5.56 Å². The molecule has 0 radical (unpaired) electrons. The van der Waals surface area contributed by atoms with Crippen molar-refractivity contribution in [2.45, 2.75) is 6.42 Å². The molecule has 0 spiro atoms. The van der Waals surface area contributed by atoms with Crippen LogP contribution >= 0.6 is 0 Å². The van der Waals surface area contributed by atoms with Crippen LogP contribution in [-0.4, -0.2) is 23.0 Å². The molecule has 0 saturated carbocycles. The zero-order valence-electron chi connectivity index (χ0n) is 9.95. The van der Waals surface area contributed by atoms with Gasteiger partial charge in [-0.1, -0.05) is 30.3 Å². The second kappa shape index (κ2) is 6.39. The topological polar surface area (TPSA) is 57.5 Å². The number of pyridine rings is 1. The standard InChI is InChI=1S/C14H15N3O/c18-14-10-15-9-7-13(14)17-11-16-8-6-12-4-2-1-3-5-12/h1-5,7,9-11,18H,6,8H2,(H,15,16,17). The van der Waals surface area contributed by atoms with Gasteiger partial charge in [0.25, 0.3) is 0 Å². The van der Waals surface area contributed by atoms with E-state index in [1.165, 1.54) is 11.8 Å². The van der Waals surface area contributed by atoms with Crippen LogP contribution in [0.4, 0.5) is 5.69 Å². The number of benzene rings is 1. The SMILES string of the molecule is Oc1cnccc1NC=NCCc1ccccc1. The van der Waals surface area contributed by atoms with E-state index in [0.29, 0.717) is 12.2 Å². The number of anilines is 1. The van der Waals surface area contributed by atoms with Crippen molar-refractivity contribution >= 4 is 12.0 Å². The molecule has 0 unspecified atom stereocenters. The summed E-state index contributed by atoms with van der Waals surface area (Å²) in [6, 6.07) is 11.9. The molecule has 4 nitrogen and oxygen atoms in total. The third-order valence-corrected chi connectivity index (χ3v) is 2.48. The Morgan fingerprint density at radius 3 is 2.83 bits per heavy atom. The minimum atomic E-state index is 0.118. The predicted octanol–water partition coefficient (Wildman–Crippen LogP) is 2.47. The normalized spacial score (nSPS) is 10.7. The average molecular weight is 241 g/mol. The molecular weight excluding hydrogens is 226 g/mol. The number of hydrogen-bond acceptors (Lipinski definition) is 3. The maximum absolute atomic E-state index is 9.46. The number of aliphatic imine (C=N–C) groups is 1. The first-order valence-corrected chi connectivity index (χ1v) is 5.78. The van der Waals surface area contributed by atoms with E-state index in [1.54, 1.807) is 18.6 Å². The third kappa shape index (κ3) is 3.59. The fourth-order valence-corrected chi connectivity index (χ4v) is 1.53. The minimum absolute atomic E-state index is 0.118. The van der Waals surface area contributed by atoms with Gasteiger partial charge in [-0.15, -0.1) is 0 Å². The molecule has 18 heavy (non-hydrogen) atoms. The van der Waals surface area contributed by atoms with Gasteiger partial charge in [0.2, 0.25) is 0 Å². The van der Waals surface area contributed by atoms with Crippen molar-refractivity contribution in [3.63, 3.8) is 0 Å². The van der Waals surface area contributed by atoms with Gasteiger partial charge >= 0.3 is 0 Å². The first-order chi connectivity index (χ1) is 8.86. The molecule has 1 aromatic heterocycles. The van der Waals surface area contributed by atoms with Gasteiger partial charge in [-0.25, -0.2) is 0 Å². The van der Waals surface area contributed by atoms with Crippen molar-refractivity contribution < 1.29 is 5.11 Å². The Labute approximate surface area is 106 Å². The monoisotopic (exact) mass is 241 g/mol. The molecule has 0 aliphatic heterocycles. The maximum atomic E-state index is 9.46. The summed E-state index contributed by atoms with van der Waals surface area (Å²) < 4.78 is 0. The molecule has 1 heterocycles. The van der Waals surface area contributed by atoms with Crippen molar-refractivity contribution in [3.8, 4) is 5.75 Å². The van der Waals surface area contributed by atoms with Crippen LogP contribution in [0.3, 0.4) is 0 Å². The molecule has 0 atom stereocenters. The van der Waals surface area contributed by atoms with Crippen LogP contribution in [0, 0.1) is 0 Å². The number of aromatic hydroxyl groups is 1. The summed E-state index contributed by atoms with van der Waals surface area (Å²) >= 11 is 0. The summed E-state index contributed by atoms with van der Waals surface area (Å²) in [7, 11) is 0. The Hall–Kier alpha value is -2.36. The largest absolute Gasteiger partial charge is 0.504 e. The van der Waals surface area contributed by atoms with Crippen LogP contribution in [0.5, 0.6) is 5.75 Å². The summed E-state index contributed by atoms with van der Waals surface area (Å²) in [5.41, 5.74) is 1.87. The van der Waals surface area contributed by atoms with Gasteiger partial charge in [0.15, 0.2) is 5.75 Å². The Bertz CT molecular complexity index is 511. The third-order valence-electron chi connectivity index (χ3n) is 2.48. The zero-order valence-corrected chi connectivity index (χ0v) is 9.95. The van der Waals surface area contributed by atoms with E-state index in [1.807, 2.05) is 18.2 Å². The molecule has 2 rings (SSSR count). The van der Waals surface area contributed by atoms with E-state index >= 15 is 0 Å². The fourth-order valence-electron chi connectivity index (χ4n) is 1.53. The molecule has 2 N–H and O–H groups in total. The van der Waals surface area contributed by atoms with E-state index in [9.17, 15) is 5.11 Å². The molecule has 0 fully saturated rings. The maximum Gasteiger partial charge on any atom is 0.157 e. The number of aromatic nitrogens is 1. The quantitative estimate of drug-likeness (QED) is 0.624. The predicted molar refractivity (Wildman–Crippen MR) is 73.0 cm³/mol. The molecule has 1 aromatic carbocycles. The van der Waals surface area contributed by atoms with Crippen LogP contribution in [0.15, 0.2) is 53.8 Å². The van der Waals surface area contributed by atoms with Crippen LogP contribution < -0.4 is 5.32 Å². The molecule has 2 aromatic rings. The van der Waals surface area contributed by atoms with Crippen LogP contribution in [-0.2, 0) is 6.42 Å². The summed E-state index contributed by atoms with van der Waals surface area (Å²) in [6.45, 7) is 0.711. The van der Waals surface area contributed by atoms with Crippen molar-refractivity contribution in [1.29, 1.82) is 0 Å². The molecule has 92 valence electrons. The highest BCUT2D eigenvalue weighted by Crippen LogP contribution is 2.18. The highest BCUT2D eigenvalue weighted by molar-refractivity contribution is 5.78. The van der Waals surface area contributed by atoms with Crippen molar-refractivity contribution in [2.75, 3.05) is 11.9 Å². The van der Waals surface area contributed by atoms with E-state index in [2.05, 4.69) is 27.4 Å². The number of nitrogens with zero attached hydrogens (tertiary/aromatic N) is 2. The highest BCUT2D eigenvalue weighted by atomic mass is 16.3.